The van der Waals surface area contributed by atoms with Gasteiger partial charge in [-0.05, 0) is 42.8 Å². The molecule has 0 saturated carbocycles. The van der Waals surface area contributed by atoms with Gasteiger partial charge in [-0.25, -0.2) is 4.98 Å². The molecule has 0 radical (unpaired) electrons. The van der Waals surface area contributed by atoms with Crippen molar-refractivity contribution in [3.8, 4) is 5.75 Å². The molecule has 0 amide bonds. The van der Waals surface area contributed by atoms with Crippen LogP contribution in [0.3, 0.4) is 0 Å². The number of nitrogens with zero attached hydrogens (tertiary/aromatic N) is 2. The van der Waals surface area contributed by atoms with Crippen LogP contribution in [0.25, 0.3) is 5.65 Å². The number of aromatic nitrogens is 2. The van der Waals surface area contributed by atoms with Crippen molar-refractivity contribution in [2.75, 3.05) is 12.4 Å². The van der Waals surface area contributed by atoms with Crippen molar-refractivity contribution in [1.82, 2.24) is 9.38 Å². The maximum atomic E-state index is 5.21. The Morgan fingerprint density at radius 3 is 2.90 bits per heavy atom. The lowest BCUT2D eigenvalue weighted by Gasteiger charge is -2.09. The second-order valence-corrected chi connectivity index (χ2v) is 4.73. The van der Waals surface area contributed by atoms with Gasteiger partial charge in [0.15, 0.2) is 0 Å². The lowest BCUT2D eigenvalue weighted by molar-refractivity contribution is 0.414. The molecule has 2 heterocycles. The van der Waals surface area contributed by atoms with Gasteiger partial charge in [0.2, 0.25) is 0 Å². The van der Waals surface area contributed by atoms with E-state index >= 15 is 0 Å². The van der Waals surface area contributed by atoms with Crippen molar-refractivity contribution in [3.63, 3.8) is 0 Å². The molecule has 4 nitrogen and oxygen atoms in total. The van der Waals surface area contributed by atoms with Crippen LogP contribution in [0.5, 0.6) is 5.75 Å². The number of nitrogens with one attached hydrogen (secondary N) is 1. The standard InChI is InChI=1S/C16H17N3O/c1-12-9-14(20-2)6-7-15(12)17-10-13-11-19-8-4-3-5-16(19)18-13/h3-9,11,17H,10H2,1-2H3. The van der Waals surface area contributed by atoms with Crippen LogP contribution < -0.4 is 10.1 Å². The summed E-state index contributed by atoms with van der Waals surface area (Å²) >= 11 is 0. The maximum Gasteiger partial charge on any atom is 0.137 e. The van der Waals surface area contributed by atoms with Crippen molar-refractivity contribution < 1.29 is 4.74 Å². The molecule has 0 unspecified atom stereocenters. The van der Waals surface area contributed by atoms with Gasteiger partial charge in [-0.3, -0.25) is 0 Å². The summed E-state index contributed by atoms with van der Waals surface area (Å²) in [6.45, 7) is 2.77. The molecule has 3 rings (SSSR count). The number of rotatable bonds is 4. The molecule has 20 heavy (non-hydrogen) atoms. The van der Waals surface area contributed by atoms with E-state index in [4.69, 9.17) is 4.74 Å². The number of pyridine rings is 1. The van der Waals surface area contributed by atoms with Gasteiger partial charge in [0.05, 0.1) is 19.3 Å². The third kappa shape index (κ3) is 2.45. The van der Waals surface area contributed by atoms with Crippen molar-refractivity contribution >= 4 is 11.3 Å². The molecule has 2 aromatic heterocycles. The van der Waals surface area contributed by atoms with E-state index in [1.165, 1.54) is 0 Å². The zero-order valence-electron chi connectivity index (χ0n) is 11.6. The summed E-state index contributed by atoms with van der Waals surface area (Å²) in [6.07, 6.45) is 4.05. The highest BCUT2D eigenvalue weighted by Gasteiger charge is 2.03. The summed E-state index contributed by atoms with van der Waals surface area (Å²) in [6, 6.07) is 12.0. The Morgan fingerprint density at radius 1 is 1.25 bits per heavy atom. The molecule has 0 spiro atoms. The number of aryl methyl sites for hydroxylation is 1. The quantitative estimate of drug-likeness (QED) is 0.788. The summed E-state index contributed by atoms with van der Waals surface area (Å²) in [7, 11) is 1.68. The van der Waals surface area contributed by atoms with Crippen molar-refractivity contribution in [3.05, 3.63) is 60.0 Å². The van der Waals surface area contributed by atoms with E-state index in [1.807, 2.05) is 53.2 Å². The maximum absolute atomic E-state index is 5.21. The highest BCUT2D eigenvalue weighted by molar-refractivity contribution is 5.54. The Hall–Kier alpha value is -2.49. The first-order valence-corrected chi connectivity index (χ1v) is 6.57. The van der Waals surface area contributed by atoms with Gasteiger partial charge >= 0.3 is 0 Å². The normalized spacial score (nSPS) is 10.7. The number of hydrogen-bond acceptors (Lipinski definition) is 3. The fourth-order valence-electron chi connectivity index (χ4n) is 2.22. The Kier molecular flexibility index (Phi) is 3.29. The number of imidazole rings is 1. The summed E-state index contributed by atoms with van der Waals surface area (Å²) in [4.78, 5) is 4.57. The van der Waals surface area contributed by atoms with Crippen LogP contribution in [0.2, 0.25) is 0 Å². The average Bonchev–Trinajstić information content (AvgIpc) is 2.88. The summed E-state index contributed by atoms with van der Waals surface area (Å²) in [5, 5.41) is 3.41. The Labute approximate surface area is 118 Å². The molecule has 0 aliphatic heterocycles. The van der Waals surface area contributed by atoms with Gasteiger partial charge in [0, 0.05) is 18.1 Å². The fraction of sp³-hybridized carbons (Fsp3) is 0.188. The van der Waals surface area contributed by atoms with Crippen LogP contribution in [0.1, 0.15) is 11.3 Å². The molecule has 1 aromatic carbocycles. The van der Waals surface area contributed by atoms with Gasteiger partial charge in [0.1, 0.15) is 11.4 Å². The van der Waals surface area contributed by atoms with Crippen LogP contribution in [-0.4, -0.2) is 16.5 Å². The smallest absolute Gasteiger partial charge is 0.137 e. The Bertz CT molecular complexity index is 700. The van der Waals surface area contributed by atoms with Gasteiger partial charge in [-0.1, -0.05) is 6.07 Å². The van der Waals surface area contributed by atoms with Crippen molar-refractivity contribution in [1.29, 1.82) is 0 Å². The number of ether oxygens (including phenoxy) is 1. The monoisotopic (exact) mass is 267 g/mol. The fourth-order valence-corrected chi connectivity index (χ4v) is 2.22. The van der Waals surface area contributed by atoms with Crippen molar-refractivity contribution in [2.45, 2.75) is 13.5 Å². The topological polar surface area (TPSA) is 38.6 Å². The summed E-state index contributed by atoms with van der Waals surface area (Å²) in [5.41, 5.74) is 4.25. The minimum absolute atomic E-state index is 0.703. The Morgan fingerprint density at radius 2 is 2.15 bits per heavy atom. The molecular formula is C16H17N3O. The molecule has 0 atom stereocenters. The summed E-state index contributed by atoms with van der Waals surface area (Å²) in [5.74, 6) is 0.876. The van der Waals surface area contributed by atoms with Gasteiger partial charge in [-0.15, -0.1) is 0 Å². The zero-order valence-corrected chi connectivity index (χ0v) is 11.6. The van der Waals surface area contributed by atoms with E-state index in [2.05, 4.69) is 17.2 Å². The van der Waals surface area contributed by atoms with Crippen LogP contribution in [0.15, 0.2) is 48.8 Å². The van der Waals surface area contributed by atoms with Gasteiger partial charge < -0.3 is 14.5 Å². The predicted molar refractivity (Wildman–Crippen MR) is 80.2 cm³/mol. The highest BCUT2D eigenvalue weighted by Crippen LogP contribution is 2.21. The van der Waals surface area contributed by atoms with E-state index in [0.29, 0.717) is 6.54 Å². The lowest BCUT2D eigenvalue weighted by atomic mass is 10.2. The molecule has 0 saturated heterocycles. The van der Waals surface area contributed by atoms with Crippen LogP contribution in [0, 0.1) is 6.92 Å². The number of fused-ring (bicyclic) bond motifs is 1. The molecule has 0 bridgehead atoms. The number of benzene rings is 1. The SMILES string of the molecule is COc1ccc(NCc2cn3ccccc3n2)c(C)c1. The molecule has 3 aromatic rings. The van der Waals surface area contributed by atoms with Crippen molar-refractivity contribution in [2.24, 2.45) is 0 Å². The van der Waals surface area contributed by atoms with Crippen LogP contribution in [-0.2, 0) is 6.54 Å². The molecule has 0 aliphatic rings. The molecule has 4 heteroatoms. The number of hydrogen-bond donors (Lipinski definition) is 1. The molecule has 0 aliphatic carbocycles. The van der Waals surface area contributed by atoms with E-state index in [1.54, 1.807) is 7.11 Å². The first-order chi connectivity index (χ1) is 9.76. The lowest BCUT2D eigenvalue weighted by Crippen LogP contribution is -2.01. The van der Waals surface area contributed by atoms with Gasteiger partial charge in [-0.2, -0.15) is 0 Å². The zero-order chi connectivity index (χ0) is 13.9. The number of methoxy groups -OCH3 is 1. The van der Waals surface area contributed by atoms with E-state index in [9.17, 15) is 0 Å². The second kappa shape index (κ2) is 5.25. The van der Waals surface area contributed by atoms with E-state index in [0.717, 1.165) is 28.3 Å². The first kappa shape index (κ1) is 12.5. The first-order valence-electron chi connectivity index (χ1n) is 6.57. The summed E-state index contributed by atoms with van der Waals surface area (Å²) < 4.78 is 7.23. The number of anilines is 1. The minimum Gasteiger partial charge on any atom is -0.497 e. The largest absolute Gasteiger partial charge is 0.497 e. The molecule has 1 N–H and O–H groups in total. The minimum atomic E-state index is 0.703. The van der Waals surface area contributed by atoms with Crippen LogP contribution >= 0.6 is 0 Å². The predicted octanol–water partition coefficient (Wildman–Crippen LogP) is 3.26. The van der Waals surface area contributed by atoms with Gasteiger partial charge in [0.25, 0.3) is 0 Å². The Balaban J connectivity index is 1.75. The van der Waals surface area contributed by atoms with Crippen LogP contribution in [0.4, 0.5) is 5.69 Å². The third-order valence-electron chi connectivity index (χ3n) is 3.31. The average molecular weight is 267 g/mol. The van der Waals surface area contributed by atoms with E-state index in [-0.39, 0.29) is 0 Å². The third-order valence-corrected chi connectivity index (χ3v) is 3.31. The molecule has 0 fully saturated rings. The van der Waals surface area contributed by atoms with E-state index < -0.39 is 0 Å². The molecular weight excluding hydrogens is 250 g/mol. The second-order valence-electron chi connectivity index (χ2n) is 4.73. The molecule has 102 valence electrons. The highest BCUT2D eigenvalue weighted by atomic mass is 16.5.